The number of benzene rings is 1. The van der Waals surface area contributed by atoms with E-state index in [0.29, 0.717) is 21.9 Å². The number of hydrogen-bond donors (Lipinski definition) is 1. The fourth-order valence-corrected chi connectivity index (χ4v) is 3.47. The molecule has 9 nitrogen and oxygen atoms in total. The standard InChI is InChI=1S/C16H13Br2ClN6O3/c17-11-8-24(7-10-3-1-2-4-13(10)19)21-15(11)20-14(26)5-6-23-9-12(18)16(22-23)25(27)28/h1-4,8-9H,5-7H2,(H,20,21,26). The Morgan fingerprint density at radius 1 is 1.18 bits per heavy atom. The molecule has 1 N–H and O–H groups in total. The Morgan fingerprint density at radius 3 is 2.57 bits per heavy atom. The van der Waals surface area contributed by atoms with Crippen molar-refractivity contribution in [3.8, 4) is 0 Å². The number of carbonyl (C=O) groups is 1. The molecule has 0 spiro atoms. The molecule has 3 rings (SSSR count). The minimum atomic E-state index is -0.594. The fraction of sp³-hybridized carbons (Fsp3) is 0.188. The Hall–Kier alpha value is -2.24. The van der Waals surface area contributed by atoms with Gasteiger partial charge >= 0.3 is 5.82 Å². The number of anilines is 1. The molecule has 0 fully saturated rings. The second-order valence-corrected chi connectivity index (χ2v) is 7.85. The lowest BCUT2D eigenvalue weighted by Gasteiger charge is -2.04. The predicted molar refractivity (Wildman–Crippen MR) is 110 cm³/mol. The number of amides is 1. The summed E-state index contributed by atoms with van der Waals surface area (Å²) in [6.45, 7) is 0.648. The van der Waals surface area contributed by atoms with Crippen LogP contribution in [0.2, 0.25) is 5.02 Å². The number of hydrogen-bond acceptors (Lipinski definition) is 5. The Kier molecular flexibility index (Phi) is 6.47. The van der Waals surface area contributed by atoms with Gasteiger partial charge < -0.3 is 15.4 Å². The first-order valence-corrected chi connectivity index (χ1v) is 9.93. The van der Waals surface area contributed by atoms with E-state index in [1.54, 1.807) is 16.9 Å². The number of aromatic nitrogens is 4. The van der Waals surface area contributed by atoms with Gasteiger partial charge in [-0.25, -0.2) is 0 Å². The summed E-state index contributed by atoms with van der Waals surface area (Å²) in [4.78, 5) is 22.4. The maximum atomic E-state index is 12.2. The summed E-state index contributed by atoms with van der Waals surface area (Å²) in [6, 6.07) is 7.44. The highest BCUT2D eigenvalue weighted by Crippen LogP contribution is 2.24. The van der Waals surface area contributed by atoms with E-state index >= 15 is 0 Å². The summed E-state index contributed by atoms with van der Waals surface area (Å²) >= 11 is 12.6. The topological polar surface area (TPSA) is 108 Å². The third-order valence-electron chi connectivity index (χ3n) is 3.71. The molecule has 12 heteroatoms. The van der Waals surface area contributed by atoms with Gasteiger partial charge in [0.25, 0.3) is 0 Å². The highest BCUT2D eigenvalue weighted by molar-refractivity contribution is 9.11. The normalized spacial score (nSPS) is 10.8. The number of nitrogens with zero attached hydrogens (tertiary/aromatic N) is 5. The molecule has 0 aliphatic rings. The predicted octanol–water partition coefficient (Wildman–Crippen LogP) is 4.24. The first-order chi connectivity index (χ1) is 13.3. The smallest absolute Gasteiger partial charge is 0.358 e. The minimum absolute atomic E-state index is 0.0785. The van der Waals surface area contributed by atoms with Crippen molar-refractivity contribution in [3.63, 3.8) is 0 Å². The number of nitrogens with one attached hydrogen (secondary N) is 1. The van der Waals surface area contributed by atoms with E-state index in [-0.39, 0.29) is 29.2 Å². The van der Waals surface area contributed by atoms with Crippen molar-refractivity contribution in [2.75, 3.05) is 5.32 Å². The first-order valence-electron chi connectivity index (χ1n) is 7.97. The monoisotopic (exact) mass is 530 g/mol. The lowest BCUT2D eigenvalue weighted by molar-refractivity contribution is -0.390. The highest BCUT2D eigenvalue weighted by atomic mass is 79.9. The molecular weight excluding hydrogens is 519 g/mol. The molecule has 0 saturated carbocycles. The van der Waals surface area contributed by atoms with Crippen molar-refractivity contribution in [1.29, 1.82) is 0 Å². The van der Waals surface area contributed by atoms with Crippen LogP contribution in [0.15, 0.2) is 45.6 Å². The second kappa shape index (κ2) is 8.84. The van der Waals surface area contributed by atoms with Crippen LogP contribution in [0.5, 0.6) is 0 Å². The zero-order chi connectivity index (χ0) is 20.3. The zero-order valence-corrected chi connectivity index (χ0v) is 18.1. The van der Waals surface area contributed by atoms with Crippen LogP contribution in [0.4, 0.5) is 11.6 Å². The van der Waals surface area contributed by atoms with E-state index in [4.69, 9.17) is 11.6 Å². The van der Waals surface area contributed by atoms with E-state index in [1.807, 2.05) is 18.2 Å². The molecule has 1 aromatic carbocycles. The van der Waals surface area contributed by atoms with Crippen molar-refractivity contribution in [2.45, 2.75) is 19.5 Å². The molecule has 146 valence electrons. The molecule has 0 atom stereocenters. The van der Waals surface area contributed by atoms with Crippen LogP contribution in [-0.4, -0.2) is 30.4 Å². The number of aryl methyl sites for hydroxylation is 1. The maximum absolute atomic E-state index is 12.2. The molecule has 2 heterocycles. The highest BCUT2D eigenvalue weighted by Gasteiger charge is 2.19. The van der Waals surface area contributed by atoms with Crippen LogP contribution in [-0.2, 0) is 17.9 Å². The number of rotatable bonds is 7. The molecule has 0 unspecified atom stereocenters. The van der Waals surface area contributed by atoms with Crippen LogP contribution >= 0.6 is 43.5 Å². The average Bonchev–Trinajstić information content (AvgIpc) is 3.18. The molecule has 28 heavy (non-hydrogen) atoms. The Balaban J connectivity index is 1.60. The maximum Gasteiger partial charge on any atom is 0.404 e. The SMILES string of the molecule is O=C(CCn1cc(Br)c([N+](=O)[O-])n1)Nc1nn(Cc2ccccc2Cl)cc1Br. The number of nitro groups is 1. The summed E-state index contributed by atoms with van der Waals surface area (Å²) in [5.41, 5.74) is 0.905. The van der Waals surface area contributed by atoms with Gasteiger partial charge in [-0.05, 0) is 48.4 Å². The molecule has 0 aliphatic heterocycles. The van der Waals surface area contributed by atoms with Crippen LogP contribution in [0, 0.1) is 10.1 Å². The first kappa shape index (κ1) is 20.5. The van der Waals surface area contributed by atoms with Gasteiger partial charge in [0.15, 0.2) is 5.82 Å². The quantitative estimate of drug-likeness (QED) is 0.362. The Bertz CT molecular complexity index is 1040. The summed E-state index contributed by atoms with van der Waals surface area (Å²) in [6.07, 6.45) is 3.28. The van der Waals surface area contributed by atoms with Crippen molar-refractivity contribution in [2.24, 2.45) is 0 Å². The molecule has 0 aliphatic carbocycles. The van der Waals surface area contributed by atoms with Crippen LogP contribution in [0.25, 0.3) is 0 Å². The van der Waals surface area contributed by atoms with E-state index in [2.05, 4.69) is 47.4 Å². The summed E-state index contributed by atoms with van der Waals surface area (Å²) in [7, 11) is 0. The van der Waals surface area contributed by atoms with Gasteiger partial charge in [0.1, 0.15) is 4.47 Å². The molecule has 3 aromatic rings. The second-order valence-electron chi connectivity index (χ2n) is 5.73. The average molecular weight is 533 g/mol. The minimum Gasteiger partial charge on any atom is -0.358 e. The van der Waals surface area contributed by atoms with E-state index in [1.165, 1.54) is 10.9 Å². The van der Waals surface area contributed by atoms with E-state index in [0.717, 1.165) is 5.56 Å². The number of carbonyl (C=O) groups excluding carboxylic acids is 1. The fourth-order valence-electron chi connectivity index (χ4n) is 2.40. The molecule has 0 saturated heterocycles. The van der Waals surface area contributed by atoms with E-state index < -0.39 is 4.92 Å². The zero-order valence-electron chi connectivity index (χ0n) is 14.2. The van der Waals surface area contributed by atoms with Gasteiger partial charge in [0.2, 0.25) is 5.91 Å². The molecule has 2 aromatic heterocycles. The van der Waals surface area contributed by atoms with Gasteiger partial charge in [-0.15, -0.1) is 0 Å². The van der Waals surface area contributed by atoms with Crippen molar-refractivity contribution in [1.82, 2.24) is 19.6 Å². The van der Waals surface area contributed by atoms with Crippen LogP contribution in [0.1, 0.15) is 12.0 Å². The summed E-state index contributed by atoms with van der Waals surface area (Å²) in [5, 5.41) is 22.3. The van der Waals surface area contributed by atoms with Crippen molar-refractivity contribution in [3.05, 3.63) is 66.3 Å². The molecule has 1 amide bonds. The molecule has 0 radical (unpaired) electrons. The molecule has 0 bridgehead atoms. The molecular formula is C16H13Br2ClN6O3. The van der Waals surface area contributed by atoms with Gasteiger partial charge in [-0.3, -0.25) is 9.48 Å². The van der Waals surface area contributed by atoms with E-state index in [9.17, 15) is 14.9 Å². The van der Waals surface area contributed by atoms with Gasteiger partial charge in [0.05, 0.1) is 28.9 Å². The summed E-state index contributed by atoms with van der Waals surface area (Å²) in [5.74, 6) is -0.205. The largest absolute Gasteiger partial charge is 0.404 e. The van der Waals surface area contributed by atoms with Crippen LogP contribution in [0.3, 0.4) is 0 Å². The Labute approximate surface area is 181 Å². The third kappa shape index (κ3) is 4.97. The van der Waals surface area contributed by atoms with Gasteiger partial charge in [-0.1, -0.05) is 29.8 Å². The van der Waals surface area contributed by atoms with Crippen molar-refractivity contribution >= 4 is 61.0 Å². The lowest BCUT2D eigenvalue weighted by atomic mass is 10.2. The lowest BCUT2D eigenvalue weighted by Crippen LogP contribution is -2.15. The Morgan fingerprint density at radius 2 is 1.89 bits per heavy atom. The van der Waals surface area contributed by atoms with Crippen molar-refractivity contribution < 1.29 is 9.72 Å². The summed E-state index contributed by atoms with van der Waals surface area (Å²) < 4.78 is 3.89. The van der Waals surface area contributed by atoms with Gasteiger partial charge in [0, 0.05) is 17.6 Å². The number of halogens is 3. The third-order valence-corrected chi connectivity index (χ3v) is 5.21. The van der Waals surface area contributed by atoms with Gasteiger partial charge in [-0.2, -0.15) is 9.78 Å². The van der Waals surface area contributed by atoms with Crippen LogP contribution < -0.4 is 5.32 Å².